The number of hydrogen-bond acceptors (Lipinski definition) is 6. The molecule has 6 atom stereocenters. The van der Waals surface area contributed by atoms with Crippen LogP contribution in [0, 0.1) is 29.1 Å². The second-order valence-corrected chi connectivity index (χ2v) is 12.1. The highest BCUT2D eigenvalue weighted by Gasteiger charge is 2.64. The van der Waals surface area contributed by atoms with Crippen molar-refractivity contribution in [1.29, 1.82) is 0 Å². The third-order valence-corrected chi connectivity index (χ3v) is 10.5. The van der Waals surface area contributed by atoms with Crippen LogP contribution in [-0.4, -0.2) is 47.2 Å². The zero-order valence-electron chi connectivity index (χ0n) is 21.3. The molecule has 1 spiro atoms. The Hall–Kier alpha value is -2.04. The number of aliphatic hydroxyl groups is 2. The molecule has 2 N–H and O–H groups in total. The molecule has 0 unspecified atom stereocenters. The fourth-order valence-electron chi connectivity index (χ4n) is 8.86. The predicted octanol–water partition coefficient (Wildman–Crippen LogP) is 4.44. The first-order chi connectivity index (χ1) is 17.3. The second kappa shape index (κ2) is 7.74. The van der Waals surface area contributed by atoms with Crippen molar-refractivity contribution in [3.8, 4) is 23.3 Å². The number of benzene rings is 1. The molecule has 6 aliphatic rings. The molecular weight excluding hydrogens is 456 g/mol. The minimum absolute atomic E-state index is 0.0790. The summed E-state index contributed by atoms with van der Waals surface area (Å²) >= 11 is 0. The zero-order valence-corrected chi connectivity index (χ0v) is 21.3. The molecule has 2 aliphatic heterocycles. The van der Waals surface area contributed by atoms with Gasteiger partial charge in [-0.25, -0.2) is 0 Å². The molecule has 6 nitrogen and oxygen atoms in total. The van der Waals surface area contributed by atoms with E-state index < -0.39 is 17.0 Å². The maximum Gasteiger partial charge on any atom is 0.231 e. The molecule has 0 amide bonds. The van der Waals surface area contributed by atoms with Gasteiger partial charge in [-0.15, -0.1) is 5.92 Å². The minimum atomic E-state index is -0.993. The molecule has 1 saturated heterocycles. The van der Waals surface area contributed by atoms with Gasteiger partial charge >= 0.3 is 0 Å². The van der Waals surface area contributed by atoms with E-state index in [2.05, 4.69) is 30.9 Å². The first kappa shape index (κ1) is 23.1. The van der Waals surface area contributed by atoms with Crippen LogP contribution in [-0.2, 0) is 9.47 Å². The summed E-state index contributed by atoms with van der Waals surface area (Å²) in [4.78, 5) is 0. The molecule has 3 saturated carbocycles. The van der Waals surface area contributed by atoms with E-state index in [0.717, 1.165) is 43.6 Å². The van der Waals surface area contributed by atoms with E-state index in [1.807, 2.05) is 13.0 Å². The smallest absolute Gasteiger partial charge is 0.231 e. The summed E-state index contributed by atoms with van der Waals surface area (Å²) < 4.78 is 23.5. The molecule has 6 heteroatoms. The van der Waals surface area contributed by atoms with Gasteiger partial charge in [0.05, 0.1) is 18.8 Å². The van der Waals surface area contributed by atoms with Crippen LogP contribution in [0.3, 0.4) is 0 Å². The highest BCUT2D eigenvalue weighted by atomic mass is 16.7. The summed E-state index contributed by atoms with van der Waals surface area (Å²) in [7, 11) is 0. The Kier molecular flexibility index (Phi) is 4.97. The van der Waals surface area contributed by atoms with Crippen LogP contribution in [0.4, 0.5) is 0 Å². The van der Waals surface area contributed by atoms with E-state index in [4.69, 9.17) is 18.9 Å². The lowest BCUT2D eigenvalue weighted by Gasteiger charge is -2.57. The highest BCUT2D eigenvalue weighted by molar-refractivity contribution is 5.50. The van der Waals surface area contributed by atoms with E-state index in [1.165, 1.54) is 16.7 Å². The van der Waals surface area contributed by atoms with E-state index >= 15 is 0 Å². The third kappa shape index (κ3) is 3.07. The lowest BCUT2D eigenvalue weighted by molar-refractivity contribution is -0.208. The van der Waals surface area contributed by atoms with Gasteiger partial charge in [0.2, 0.25) is 6.79 Å². The number of rotatable bonds is 1. The second-order valence-electron chi connectivity index (χ2n) is 12.1. The molecule has 1 aromatic carbocycles. The predicted molar refractivity (Wildman–Crippen MR) is 132 cm³/mol. The molecule has 0 aromatic heterocycles. The van der Waals surface area contributed by atoms with E-state index in [0.29, 0.717) is 44.3 Å². The summed E-state index contributed by atoms with van der Waals surface area (Å²) in [6.45, 7) is 5.52. The van der Waals surface area contributed by atoms with Crippen LogP contribution in [0.15, 0.2) is 29.3 Å². The summed E-state index contributed by atoms with van der Waals surface area (Å²) in [5.74, 6) is 7.91. The maximum absolute atomic E-state index is 12.1. The largest absolute Gasteiger partial charge is 0.454 e. The topological polar surface area (TPSA) is 77.4 Å². The zero-order chi connectivity index (χ0) is 24.8. The van der Waals surface area contributed by atoms with Crippen LogP contribution in [0.25, 0.3) is 0 Å². The number of hydrogen-bond donors (Lipinski definition) is 2. The van der Waals surface area contributed by atoms with E-state index in [1.54, 1.807) is 0 Å². The van der Waals surface area contributed by atoms with Gasteiger partial charge in [-0.2, -0.15) is 0 Å². The molecule has 0 radical (unpaired) electrons. The van der Waals surface area contributed by atoms with Crippen LogP contribution < -0.4 is 9.47 Å². The van der Waals surface area contributed by atoms with Gasteiger partial charge in [-0.1, -0.05) is 24.5 Å². The lowest BCUT2D eigenvalue weighted by Crippen LogP contribution is -2.55. The Morgan fingerprint density at radius 2 is 1.81 bits per heavy atom. The lowest BCUT2D eigenvalue weighted by atomic mass is 9.49. The van der Waals surface area contributed by atoms with Crippen LogP contribution in [0.5, 0.6) is 11.5 Å². The third-order valence-electron chi connectivity index (χ3n) is 10.5. The molecule has 192 valence electrons. The fourth-order valence-corrected chi connectivity index (χ4v) is 8.86. The fraction of sp³-hybridized carbons (Fsp3) is 0.667. The van der Waals surface area contributed by atoms with Crippen molar-refractivity contribution >= 4 is 0 Å². The van der Waals surface area contributed by atoms with Gasteiger partial charge in [-0.05, 0) is 80.6 Å². The minimum Gasteiger partial charge on any atom is -0.454 e. The van der Waals surface area contributed by atoms with E-state index in [-0.39, 0.29) is 18.1 Å². The van der Waals surface area contributed by atoms with Gasteiger partial charge in [0.1, 0.15) is 5.60 Å². The van der Waals surface area contributed by atoms with Crippen molar-refractivity contribution in [2.45, 2.75) is 88.1 Å². The molecule has 1 aromatic rings. The highest BCUT2D eigenvalue weighted by Crippen LogP contribution is 2.68. The molecule has 2 heterocycles. The Morgan fingerprint density at radius 3 is 2.61 bits per heavy atom. The summed E-state index contributed by atoms with van der Waals surface area (Å²) in [6.07, 6.45) is 6.15. The van der Waals surface area contributed by atoms with Crippen molar-refractivity contribution in [2.75, 3.05) is 20.0 Å². The Labute approximate surface area is 213 Å². The summed E-state index contributed by atoms with van der Waals surface area (Å²) in [5.41, 5.74) is 1.54. The average Bonchev–Trinajstić information content (AvgIpc) is 3.56. The van der Waals surface area contributed by atoms with Gasteiger partial charge in [0, 0.05) is 24.2 Å². The maximum atomic E-state index is 12.1. The standard InChI is InChI=1S/C30H36O6/c1-3-9-29(32)11-7-22-20-6-10-28(31)17-30(35-13-14-36-30)12-8-23(28)26(20)21(16-27(22,29)2)19-4-5-24-25(15-19)34-18-33-24/h4-5,15,20-22,31-32H,6-8,10-14,16-18H2,1-2H3/t20-,21+,22-,27-,28+,29-/m0/s1. The summed E-state index contributed by atoms with van der Waals surface area (Å²) in [6, 6.07) is 6.26. The number of allylic oxidation sites excluding steroid dienone is 1. The first-order valence-electron chi connectivity index (χ1n) is 13.6. The average molecular weight is 493 g/mol. The van der Waals surface area contributed by atoms with Crippen molar-refractivity contribution < 1.29 is 29.2 Å². The SMILES string of the molecule is CC#C[C@]1(O)CC[C@H]2[C@@H]3CC[C@@]4(O)CC5(CCC4=C3[C@@H](c3ccc4c(c3)OCO4)C[C@@]21C)OCCO5. The molecule has 36 heavy (non-hydrogen) atoms. The molecule has 4 fully saturated rings. The van der Waals surface area contributed by atoms with Gasteiger partial charge < -0.3 is 29.2 Å². The monoisotopic (exact) mass is 492 g/mol. The molecule has 7 rings (SSSR count). The Balaban J connectivity index is 1.38. The quantitative estimate of drug-likeness (QED) is 0.446. The molecule has 4 aliphatic carbocycles. The number of ether oxygens (including phenoxy) is 4. The van der Waals surface area contributed by atoms with Gasteiger partial charge in [0.15, 0.2) is 17.3 Å². The Morgan fingerprint density at radius 1 is 1.00 bits per heavy atom. The van der Waals surface area contributed by atoms with E-state index in [9.17, 15) is 10.2 Å². The van der Waals surface area contributed by atoms with Gasteiger partial charge in [0.25, 0.3) is 0 Å². The van der Waals surface area contributed by atoms with Crippen molar-refractivity contribution in [2.24, 2.45) is 17.3 Å². The first-order valence-corrected chi connectivity index (χ1v) is 13.6. The van der Waals surface area contributed by atoms with Crippen LogP contribution in [0.1, 0.15) is 76.7 Å². The van der Waals surface area contributed by atoms with Crippen LogP contribution >= 0.6 is 0 Å². The van der Waals surface area contributed by atoms with Crippen molar-refractivity contribution in [3.05, 3.63) is 34.9 Å². The normalized spacial score (nSPS) is 41.9. The van der Waals surface area contributed by atoms with Crippen molar-refractivity contribution in [1.82, 2.24) is 0 Å². The Bertz CT molecular complexity index is 1190. The molecular formula is C30H36O6. The van der Waals surface area contributed by atoms with Crippen LogP contribution in [0.2, 0.25) is 0 Å². The van der Waals surface area contributed by atoms with Gasteiger partial charge in [-0.3, -0.25) is 0 Å². The summed E-state index contributed by atoms with van der Waals surface area (Å²) in [5, 5.41) is 24.0. The molecule has 0 bridgehead atoms. The number of fused-ring (bicyclic) bond motifs is 5. The van der Waals surface area contributed by atoms with Crippen molar-refractivity contribution in [3.63, 3.8) is 0 Å².